The predicted octanol–water partition coefficient (Wildman–Crippen LogP) is 5.12. The molecule has 0 heterocycles. The van der Waals surface area contributed by atoms with Crippen molar-refractivity contribution in [1.82, 2.24) is 4.90 Å². The zero-order valence-electron chi connectivity index (χ0n) is 16.6. The van der Waals surface area contributed by atoms with Crippen molar-refractivity contribution in [3.05, 3.63) is 58.6 Å². The molecule has 1 atom stereocenters. The van der Waals surface area contributed by atoms with Crippen molar-refractivity contribution in [1.29, 1.82) is 0 Å². The van der Waals surface area contributed by atoms with Crippen LogP contribution in [0.4, 0.5) is 5.69 Å². The highest BCUT2D eigenvalue weighted by Crippen LogP contribution is 2.28. The second-order valence-electron chi connectivity index (χ2n) is 7.48. The number of nitrogens with one attached hydrogen (secondary N) is 1. The third kappa shape index (κ3) is 5.07. The lowest BCUT2D eigenvalue weighted by Crippen LogP contribution is -2.40. The van der Waals surface area contributed by atoms with Crippen molar-refractivity contribution >= 4 is 27.3 Å². The third-order valence-electron chi connectivity index (χ3n) is 5.32. The van der Waals surface area contributed by atoms with Gasteiger partial charge in [0, 0.05) is 16.8 Å². The van der Waals surface area contributed by atoms with Gasteiger partial charge in [0.25, 0.3) is 10.0 Å². The second-order valence-corrected chi connectivity index (χ2v) is 9.59. The van der Waals surface area contributed by atoms with Crippen molar-refractivity contribution in [2.75, 3.05) is 17.8 Å². The van der Waals surface area contributed by atoms with Crippen molar-refractivity contribution in [2.24, 2.45) is 0 Å². The van der Waals surface area contributed by atoms with Crippen LogP contribution >= 0.6 is 11.6 Å². The van der Waals surface area contributed by atoms with E-state index in [4.69, 9.17) is 11.6 Å². The Bertz CT molecular complexity index is 891. The van der Waals surface area contributed by atoms with Crippen molar-refractivity contribution in [3.63, 3.8) is 0 Å². The molecule has 0 unspecified atom stereocenters. The highest BCUT2D eigenvalue weighted by molar-refractivity contribution is 7.92. The molecule has 3 rings (SSSR count). The van der Waals surface area contributed by atoms with Gasteiger partial charge in [0.2, 0.25) is 0 Å². The number of anilines is 1. The number of rotatable bonds is 8. The van der Waals surface area contributed by atoms with Crippen LogP contribution in [0.3, 0.4) is 0 Å². The van der Waals surface area contributed by atoms with Crippen LogP contribution < -0.4 is 4.72 Å². The molecule has 28 heavy (non-hydrogen) atoms. The maximum Gasteiger partial charge on any atom is 0.261 e. The zero-order chi connectivity index (χ0) is 20.1. The van der Waals surface area contributed by atoms with Gasteiger partial charge in [-0.3, -0.25) is 4.72 Å². The summed E-state index contributed by atoms with van der Waals surface area (Å²) in [5.41, 5.74) is 3.20. The van der Waals surface area contributed by atoms with E-state index in [1.165, 1.54) is 29.7 Å². The summed E-state index contributed by atoms with van der Waals surface area (Å²) in [6.45, 7) is 6.69. The molecule has 0 saturated heterocycles. The minimum atomic E-state index is -3.62. The molecule has 0 aliphatic heterocycles. The van der Waals surface area contributed by atoms with E-state index in [1.54, 1.807) is 12.1 Å². The van der Waals surface area contributed by atoms with Crippen LogP contribution in [0.5, 0.6) is 0 Å². The number of fused-ring (bicyclic) bond motifs is 1. The molecule has 4 nitrogen and oxygen atoms in total. The SMILES string of the molecule is CCCN(CCC)[C@@H]1CCc2ccc(NS(=O)(=O)c3ccc(Cl)cc3)cc2C1. The summed E-state index contributed by atoms with van der Waals surface area (Å²) in [5, 5.41) is 0.516. The van der Waals surface area contributed by atoms with Gasteiger partial charge in [0.1, 0.15) is 0 Å². The molecule has 0 radical (unpaired) electrons. The molecule has 0 bridgehead atoms. The fourth-order valence-corrected chi connectivity index (χ4v) is 5.17. The minimum Gasteiger partial charge on any atom is -0.300 e. The van der Waals surface area contributed by atoms with Crippen molar-refractivity contribution in [2.45, 2.75) is 56.9 Å². The molecule has 0 saturated carbocycles. The van der Waals surface area contributed by atoms with Crippen LogP contribution in [-0.4, -0.2) is 32.4 Å². The van der Waals surface area contributed by atoms with Crippen LogP contribution in [0.25, 0.3) is 0 Å². The molecule has 1 aliphatic carbocycles. The summed E-state index contributed by atoms with van der Waals surface area (Å²) in [7, 11) is -3.62. The number of halogens is 1. The quantitative estimate of drug-likeness (QED) is 0.644. The summed E-state index contributed by atoms with van der Waals surface area (Å²) in [4.78, 5) is 2.80. The Morgan fingerprint density at radius 3 is 2.36 bits per heavy atom. The van der Waals surface area contributed by atoms with Gasteiger partial charge in [0.05, 0.1) is 4.90 Å². The molecular weight excluding hydrogens is 392 g/mol. The van der Waals surface area contributed by atoms with Crippen LogP contribution in [0.1, 0.15) is 44.2 Å². The van der Waals surface area contributed by atoms with Crippen LogP contribution in [0, 0.1) is 0 Å². The summed E-state index contributed by atoms with van der Waals surface area (Å²) in [6.07, 6.45) is 5.51. The van der Waals surface area contributed by atoms with Crippen LogP contribution in [-0.2, 0) is 22.9 Å². The third-order valence-corrected chi connectivity index (χ3v) is 6.97. The monoisotopic (exact) mass is 420 g/mol. The Morgan fingerprint density at radius 1 is 1.04 bits per heavy atom. The van der Waals surface area contributed by atoms with E-state index in [0.29, 0.717) is 16.8 Å². The minimum absolute atomic E-state index is 0.213. The summed E-state index contributed by atoms with van der Waals surface area (Å²) < 4.78 is 28.0. The van der Waals surface area contributed by atoms with Gasteiger partial charge < -0.3 is 4.90 Å². The first-order valence-corrected chi connectivity index (χ1v) is 11.9. The van der Waals surface area contributed by atoms with E-state index >= 15 is 0 Å². The van der Waals surface area contributed by atoms with Gasteiger partial charge in [-0.15, -0.1) is 0 Å². The zero-order valence-corrected chi connectivity index (χ0v) is 18.2. The average molecular weight is 421 g/mol. The fraction of sp³-hybridized carbons (Fsp3) is 0.455. The summed E-state index contributed by atoms with van der Waals surface area (Å²) in [5.74, 6) is 0. The van der Waals surface area contributed by atoms with E-state index in [1.807, 2.05) is 12.1 Å². The number of sulfonamides is 1. The smallest absolute Gasteiger partial charge is 0.261 e. The number of nitrogens with zero attached hydrogens (tertiary/aromatic N) is 1. The van der Waals surface area contributed by atoms with E-state index in [9.17, 15) is 8.42 Å². The molecule has 1 aliphatic rings. The number of aryl methyl sites for hydroxylation is 1. The number of benzene rings is 2. The van der Waals surface area contributed by atoms with Gasteiger partial charge in [-0.25, -0.2) is 8.42 Å². The molecule has 0 amide bonds. The molecule has 0 spiro atoms. The lowest BCUT2D eigenvalue weighted by Gasteiger charge is -2.35. The van der Waals surface area contributed by atoms with Crippen LogP contribution in [0.2, 0.25) is 5.02 Å². The maximum atomic E-state index is 12.7. The molecular formula is C22H29ClN2O2S. The van der Waals surface area contributed by atoms with Crippen molar-refractivity contribution < 1.29 is 8.42 Å². The average Bonchev–Trinajstić information content (AvgIpc) is 2.67. The first-order valence-electron chi connectivity index (χ1n) is 10.1. The second kappa shape index (κ2) is 9.29. The van der Waals surface area contributed by atoms with Gasteiger partial charge in [-0.05, 0) is 92.7 Å². The summed E-state index contributed by atoms with van der Waals surface area (Å²) in [6, 6.07) is 12.7. The molecule has 152 valence electrons. The summed E-state index contributed by atoms with van der Waals surface area (Å²) >= 11 is 5.87. The highest BCUT2D eigenvalue weighted by atomic mass is 35.5. The van der Waals surface area contributed by atoms with Gasteiger partial charge in [-0.1, -0.05) is 31.5 Å². The molecule has 1 N–H and O–H groups in total. The van der Waals surface area contributed by atoms with E-state index in [2.05, 4.69) is 29.5 Å². The first-order chi connectivity index (χ1) is 13.4. The Morgan fingerprint density at radius 2 is 1.71 bits per heavy atom. The van der Waals surface area contributed by atoms with Gasteiger partial charge >= 0.3 is 0 Å². The maximum absolute atomic E-state index is 12.7. The normalized spacial score (nSPS) is 16.8. The number of hydrogen-bond donors (Lipinski definition) is 1. The number of hydrogen-bond acceptors (Lipinski definition) is 3. The topological polar surface area (TPSA) is 49.4 Å². The van der Waals surface area contributed by atoms with Crippen LogP contribution in [0.15, 0.2) is 47.4 Å². The first kappa shape index (κ1) is 21.2. The molecule has 0 fully saturated rings. The molecule has 6 heteroatoms. The Kier molecular flexibility index (Phi) is 7.02. The molecule has 2 aromatic rings. The Balaban J connectivity index is 1.78. The Hall–Kier alpha value is -1.56. The van der Waals surface area contributed by atoms with Crippen molar-refractivity contribution in [3.8, 4) is 0 Å². The Labute approximate surface area is 174 Å². The van der Waals surface area contributed by atoms with Gasteiger partial charge in [-0.2, -0.15) is 0 Å². The fourth-order valence-electron chi connectivity index (χ4n) is 3.99. The molecule has 2 aromatic carbocycles. The molecule has 0 aromatic heterocycles. The van der Waals surface area contributed by atoms with E-state index in [0.717, 1.165) is 38.8 Å². The highest BCUT2D eigenvalue weighted by Gasteiger charge is 2.24. The lowest BCUT2D eigenvalue weighted by molar-refractivity contribution is 0.180. The van der Waals surface area contributed by atoms with E-state index < -0.39 is 10.0 Å². The lowest BCUT2D eigenvalue weighted by atomic mass is 9.87. The van der Waals surface area contributed by atoms with E-state index in [-0.39, 0.29) is 4.90 Å². The predicted molar refractivity (Wildman–Crippen MR) is 117 cm³/mol. The standard InChI is InChI=1S/C22H29ClN2O2S/c1-3-13-25(14-4-2)21-10-6-17-5-9-20(15-18(17)16-21)24-28(26,27)22-11-7-19(23)8-12-22/h5,7-9,11-12,15,21,24H,3-4,6,10,13-14,16H2,1-2H3/t21-/m1/s1. The largest absolute Gasteiger partial charge is 0.300 e. The van der Waals surface area contributed by atoms with Gasteiger partial charge in [0.15, 0.2) is 0 Å².